The fraction of sp³-hybridized carbons (Fsp3) is 0.417. The summed E-state index contributed by atoms with van der Waals surface area (Å²) < 4.78 is 16.0. The molecule has 2 aromatic rings. The molecule has 0 saturated carbocycles. The first kappa shape index (κ1) is 13.9. The zero-order valence-electron chi connectivity index (χ0n) is 10.0. The molecule has 1 aromatic carbocycles. The summed E-state index contributed by atoms with van der Waals surface area (Å²) in [6.45, 7) is 0.806. The topological polar surface area (TPSA) is 20.7 Å². The van der Waals surface area contributed by atoms with Crippen LogP contribution in [-0.4, -0.2) is 21.6 Å². The van der Waals surface area contributed by atoms with Gasteiger partial charge < -0.3 is 9.55 Å². The summed E-state index contributed by atoms with van der Waals surface area (Å²) in [7, 11) is 0. The molecule has 0 radical (unpaired) electrons. The van der Waals surface area contributed by atoms with E-state index >= 15 is 0 Å². The number of aromatic amines is 1. The second-order valence-electron chi connectivity index (χ2n) is 4.07. The average molecular weight is 305 g/mol. The van der Waals surface area contributed by atoms with Gasteiger partial charge in [-0.05, 0) is 43.1 Å². The molecule has 0 aliphatic heterocycles. The minimum absolute atomic E-state index is 0.119. The van der Waals surface area contributed by atoms with Crippen LogP contribution < -0.4 is 0 Å². The van der Waals surface area contributed by atoms with Gasteiger partial charge in [-0.15, -0.1) is 0 Å². The van der Waals surface area contributed by atoms with Gasteiger partial charge in [0.05, 0.1) is 16.1 Å². The van der Waals surface area contributed by atoms with E-state index in [0.717, 1.165) is 36.2 Å². The molecule has 0 aliphatic carbocycles. The molecule has 1 aromatic heterocycles. The molecule has 2 rings (SSSR count). The quantitative estimate of drug-likeness (QED) is 0.642. The summed E-state index contributed by atoms with van der Waals surface area (Å²) in [5, 5.41) is 0.119. The third-order valence-corrected chi connectivity index (χ3v) is 4.11. The third-order valence-electron chi connectivity index (χ3n) is 2.80. The Morgan fingerprint density at radius 1 is 1.44 bits per heavy atom. The van der Waals surface area contributed by atoms with Crippen molar-refractivity contribution in [1.82, 2.24) is 9.55 Å². The summed E-state index contributed by atoms with van der Waals surface area (Å²) in [6.07, 6.45) is 4.26. The van der Waals surface area contributed by atoms with E-state index in [0.29, 0.717) is 4.77 Å². The predicted octanol–water partition coefficient (Wildman–Crippen LogP) is 4.63. The highest BCUT2D eigenvalue weighted by Gasteiger charge is 2.08. The Labute approximate surface area is 120 Å². The normalized spacial score (nSPS) is 11.3. The number of aromatic nitrogens is 2. The number of rotatable bonds is 5. The Morgan fingerprint density at radius 3 is 2.94 bits per heavy atom. The smallest absolute Gasteiger partial charge is 0.178 e. The molecule has 0 bridgehead atoms. The predicted molar refractivity (Wildman–Crippen MR) is 79.7 cm³/mol. The standard InChI is InChI=1S/C12H14ClFN2S2/c1-18-5-3-2-4-16-11-7-9(14)8(13)6-10(11)15-12(16)17/h6-7H,2-5H2,1H3,(H,15,17). The van der Waals surface area contributed by atoms with Crippen molar-refractivity contribution in [3.05, 3.63) is 27.7 Å². The first-order valence-corrected chi connectivity index (χ1v) is 7.88. The fourth-order valence-corrected chi connectivity index (χ4v) is 2.85. The van der Waals surface area contributed by atoms with Crippen molar-refractivity contribution in [2.75, 3.05) is 12.0 Å². The van der Waals surface area contributed by atoms with Crippen molar-refractivity contribution in [3.63, 3.8) is 0 Å². The third kappa shape index (κ3) is 2.90. The van der Waals surface area contributed by atoms with Crippen LogP contribution in [0.2, 0.25) is 5.02 Å². The first-order valence-electron chi connectivity index (χ1n) is 5.70. The molecule has 1 heterocycles. The highest BCUT2D eigenvalue weighted by Crippen LogP contribution is 2.23. The van der Waals surface area contributed by atoms with Crippen molar-refractivity contribution in [3.8, 4) is 0 Å². The maximum Gasteiger partial charge on any atom is 0.178 e. The number of nitrogens with zero attached hydrogens (tertiary/aromatic N) is 1. The van der Waals surface area contributed by atoms with Gasteiger partial charge in [0.2, 0.25) is 0 Å². The molecule has 98 valence electrons. The van der Waals surface area contributed by atoms with Gasteiger partial charge in [-0.2, -0.15) is 11.8 Å². The Hall–Kier alpha value is -0.520. The molecule has 0 atom stereocenters. The van der Waals surface area contributed by atoms with Crippen LogP contribution in [0.4, 0.5) is 4.39 Å². The van der Waals surface area contributed by atoms with Gasteiger partial charge in [0.15, 0.2) is 4.77 Å². The lowest BCUT2D eigenvalue weighted by atomic mass is 10.3. The zero-order valence-corrected chi connectivity index (χ0v) is 12.4. The van der Waals surface area contributed by atoms with Gasteiger partial charge in [0.1, 0.15) is 5.82 Å². The number of imidazole rings is 1. The SMILES string of the molecule is CSCCCCn1c(=S)[nH]c2cc(Cl)c(F)cc21. The van der Waals surface area contributed by atoms with E-state index in [4.69, 9.17) is 23.8 Å². The van der Waals surface area contributed by atoms with Gasteiger partial charge in [0, 0.05) is 12.6 Å². The van der Waals surface area contributed by atoms with Gasteiger partial charge in [0.25, 0.3) is 0 Å². The Morgan fingerprint density at radius 2 is 2.22 bits per heavy atom. The van der Waals surface area contributed by atoms with Crippen LogP contribution in [0.3, 0.4) is 0 Å². The summed E-state index contributed by atoms with van der Waals surface area (Å²) >= 11 is 12.8. The number of unbranched alkanes of at least 4 members (excludes halogenated alkanes) is 1. The molecular formula is C12H14ClFN2S2. The number of hydrogen-bond acceptors (Lipinski definition) is 2. The number of benzene rings is 1. The molecule has 0 unspecified atom stereocenters. The molecule has 0 fully saturated rings. The van der Waals surface area contributed by atoms with Crippen LogP contribution in [0.25, 0.3) is 11.0 Å². The molecule has 18 heavy (non-hydrogen) atoms. The minimum Gasteiger partial charge on any atom is -0.331 e. The second kappa shape index (κ2) is 6.08. The van der Waals surface area contributed by atoms with E-state index in [1.807, 2.05) is 16.3 Å². The van der Waals surface area contributed by atoms with Gasteiger partial charge in [-0.3, -0.25) is 0 Å². The van der Waals surface area contributed by atoms with Crippen LogP contribution >= 0.6 is 35.6 Å². The number of fused-ring (bicyclic) bond motifs is 1. The van der Waals surface area contributed by atoms with E-state index in [1.54, 1.807) is 6.07 Å². The highest BCUT2D eigenvalue weighted by molar-refractivity contribution is 7.98. The largest absolute Gasteiger partial charge is 0.331 e. The monoisotopic (exact) mass is 304 g/mol. The Balaban J connectivity index is 2.29. The highest BCUT2D eigenvalue weighted by atomic mass is 35.5. The van der Waals surface area contributed by atoms with Crippen LogP contribution in [-0.2, 0) is 6.54 Å². The number of halogens is 2. The average Bonchev–Trinajstić information content (AvgIpc) is 2.62. The second-order valence-corrected chi connectivity index (χ2v) is 5.84. The summed E-state index contributed by atoms with van der Waals surface area (Å²) in [5.41, 5.74) is 1.57. The minimum atomic E-state index is -0.406. The summed E-state index contributed by atoms with van der Waals surface area (Å²) in [4.78, 5) is 3.06. The van der Waals surface area contributed by atoms with Crippen molar-refractivity contribution in [2.45, 2.75) is 19.4 Å². The number of hydrogen-bond donors (Lipinski definition) is 1. The molecule has 0 spiro atoms. The lowest BCUT2D eigenvalue weighted by molar-refractivity contribution is 0.622. The zero-order chi connectivity index (χ0) is 13.1. The van der Waals surface area contributed by atoms with Gasteiger partial charge in [-0.25, -0.2) is 4.39 Å². The van der Waals surface area contributed by atoms with Crippen molar-refractivity contribution < 1.29 is 4.39 Å². The van der Waals surface area contributed by atoms with Gasteiger partial charge >= 0.3 is 0 Å². The van der Waals surface area contributed by atoms with E-state index in [9.17, 15) is 4.39 Å². The van der Waals surface area contributed by atoms with E-state index in [-0.39, 0.29) is 5.02 Å². The van der Waals surface area contributed by atoms with Crippen molar-refractivity contribution in [1.29, 1.82) is 0 Å². The van der Waals surface area contributed by atoms with Gasteiger partial charge in [-0.1, -0.05) is 11.6 Å². The number of aryl methyl sites for hydroxylation is 1. The molecule has 0 saturated heterocycles. The maximum atomic E-state index is 13.5. The molecular weight excluding hydrogens is 291 g/mol. The van der Waals surface area contributed by atoms with Crippen LogP contribution in [0.15, 0.2) is 12.1 Å². The Kier molecular flexibility index (Phi) is 4.70. The number of nitrogens with one attached hydrogen (secondary N) is 1. The Bertz CT molecular complexity index is 606. The van der Waals surface area contributed by atoms with Crippen molar-refractivity contribution in [2.24, 2.45) is 0 Å². The molecule has 1 N–H and O–H groups in total. The fourth-order valence-electron chi connectivity index (χ4n) is 1.89. The summed E-state index contributed by atoms with van der Waals surface area (Å²) in [6, 6.07) is 3.03. The molecule has 2 nitrogen and oxygen atoms in total. The molecule has 6 heteroatoms. The van der Waals surface area contributed by atoms with E-state index in [2.05, 4.69) is 11.2 Å². The number of H-pyrrole nitrogens is 1. The first-order chi connectivity index (χ1) is 8.63. The number of thioether (sulfide) groups is 1. The van der Waals surface area contributed by atoms with Crippen LogP contribution in [0.1, 0.15) is 12.8 Å². The maximum absolute atomic E-state index is 13.5. The lowest BCUT2D eigenvalue weighted by Gasteiger charge is -2.04. The molecule has 0 amide bonds. The molecule has 0 aliphatic rings. The van der Waals surface area contributed by atoms with E-state index < -0.39 is 5.82 Å². The van der Waals surface area contributed by atoms with Crippen LogP contribution in [0, 0.1) is 10.6 Å². The van der Waals surface area contributed by atoms with E-state index in [1.165, 1.54) is 6.07 Å². The van der Waals surface area contributed by atoms with Crippen LogP contribution in [0.5, 0.6) is 0 Å². The lowest BCUT2D eigenvalue weighted by Crippen LogP contribution is -1.98. The summed E-state index contributed by atoms with van der Waals surface area (Å²) in [5.74, 6) is 0.728. The van der Waals surface area contributed by atoms with Crippen molar-refractivity contribution >= 4 is 46.6 Å².